The van der Waals surface area contributed by atoms with E-state index in [1.54, 1.807) is 0 Å². The number of ether oxygens (including phenoxy) is 1. The van der Waals surface area contributed by atoms with Crippen LogP contribution in [0.3, 0.4) is 0 Å². The zero-order valence-corrected chi connectivity index (χ0v) is 17.2. The van der Waals surface area contributed by atoms with Crippen LogP contribution in [0.4, 0.5) is 4.79 Å². The molecule has 164 valence electrons. The molecule has 0 radical (unpaired) electrons. The highest BCUT2D eigenvalue weighted by Gasteiger charge is 2.30. The van der Waals surface area contributed by atoms with Gasteiger partial charge in [-0.2, -0.15) is 0 Å². The molecule has 2 aromatic carbocycles. The van der Waals surface area contributed by atoms with Crippen LogP contribution in [0, 0.1) is 0 Å². The normalized spacial score (nSPS) is 14.1. The molecule has 1 aliphatic carbocycles. The van der Waals surface area contributed by atoms with E-state index >= 15 is 0 Å². The van der Waals surface area contributed by atoms with Gasteiger partial charge in [-0.25, -0.2) is 4.79 Å². The van der Waals surface area contributed by atoms with E-state index in [0.717, 1.165) is 22.3 Å². The number of carboxylic acids is 1. The highest BCUT2D eigenvalue weighted by molar-refractivity contribution is 5.86. The summed E-state index contributed by atoms with van der Waals surface area (Å²) in [4.78, 5) is 35.6. The first kappa shape index (κ1) is 22.3. The smallest absolute Gasteiger partial charge is 0.407 e. The first-order chi connectivity index (χ1) is 14.9. The van der Waals surface area contributed by atoms with Crippen LogP contribution in [0.2, 0.25) is 0 Å². The van der Waals surface area contributed by atoms with Gasteiger partial charge in [0.1, 0.15) is 12.6 Å². The molecule has 0 saturated carbocycles. The van der Waals surface area contributed by atoms with Crippen molar-refractivity contribution in [2.24, 2.45) is 0 Å². The van der Waals surface area contributed by atoms with Gasteiger partial charge in [0.25, 0.3) is 0 Å². The van der Waals surface area contributed by atoms with E-state index in [1.807, 2.05) is 48.5 Å². The second-order valence-electron chi connectivity index (χ2n) is 7.55. The Balaban J connectivity index is 1.64. The summed E-state index contributed by atoms with van der Waals surface area (Å²) in [5.74, 6) is -1.78. The molecule has 31 heavy (non-hydrogen) atoms. The third-order valence-electron chi connectivity index (χ3n) is 5.17. The molecule has 0 aromatic heterocycles. The topological polar surface area (TPSA) is 125 Å². The molecule has 0 bridgehead atoms. The highest BCUT2D eigenvalue weighted by Crippen LogP contribution is 2.44. The van der Waals surface area contributed by atoms with Crippen LogP contribution >= 0.6 is 0 Å². The monoisotopic (exact) mass is 426 g/mol. The number of aliphatic hydroxyl groups is 1. The van der Waals surface area contributed by atoms with Crippen molar-refractivity contribution in [3.8, 4) is 11.1 Å². The lowest BCUT2D eigenvalue weighted by atomic mass is 9.98. The number of aliphatic hydroxyl groups excluding tert-OH is 1. The Labute approximate surface area is 180 Å². The molecule has 8 nitrogen and oxygen atoms in total. The van der Waals surface area contributed by atoms with Crippen LogP contribution in [-0.2, 0) is 14.3 Å². The van der Waals surface area contributed by atoms with Crippen molar-refractivity contribution in [2.75, 3.05) is 13.2 Å². The number of carboxylic acid groups (broad SMARTS) is 1. The van der Waals surface area contributed by atoms with Gasteiger partial charge in [-0.05, 0) is 35.6 Å². The summed E-state index contributed by atoms with van der Waals surface area (Å²) in [5.41, 5.74) is 4.33. The predicted octanol–water partition coefficient (Wildman–Crippen LogP) is 2.26. The Hall–Kier alpha value is -3.39. The van der Waals surface area contributed by atoms with Crippen molar-refractivity contribution in [1.29, 1.82) is 0 Å². The van der Waals surface area contributed by atoms with E-state index in [0.29, 0.717) is 0 Å². The van der Waals surface area contributed by atoms with Gasteiger partial charge in [0.2, 0.25) is 5.91 Å². The van der Waals surface area contributed by atoms with E-state index in [1.165, 1.54) is 6.92 Å². The Morgan fingerprint density at radius 3 is 2.16 bits per heavy atom. The van der Waals surface area contributed by atoms with Crippen molar-refractivity contribution < 1.29 is 29.3 Å². The van der Waals surface area contributed by atoms with E-state index in [9.17, 15) is 19.5 Å². The number of aliphatic carboxylic acids is 1. The lowest BCUT2D eigenvalue weighted by Crippen LogP contribution is -2.48. The number of nitrogens with one attached hydrogen (secondary N) is 2. The van der Waals surface area contributed by atoms with Gasteiger partial charge in [0.15, 0.2) is 0 Å². The Morgan fingerprint density at radius 2 is 1.61 bits per heavy atom. The minimum Gasteiger partial charge on any atom is -0.481 e. The number of alkyl carbamates (subject to hydrolysis) is 1. The van der Waals surface area contributed by atoms with Gasteiger partial charge >= 0.3 is 12.1 Å². The number of hydrogen-bond acceptors (Lipinski definition) is 5. The van der Waals surface area contributed by atoms with E-state index in [2.05, 4.69) is 10.6 Å². The molecule has 2 aromatic rings. The van der Waals surface area contributed by atoms with Crippen LogP contribution in [-0.4, -0.2) is 53.5 Å². The van der Waals surface area contributed by atoms with E-state index in [4.69, 9.17) is 9.84 Å². The second kappa shape index (κ2) is 10.1. The molecule has 3 rings (SSSR count). The van der Waals surface area contributed by atoms with E-state index in [-0.39, 0.29) is 31.9 Å². The van der Waals surface area contributed by atoms with E-state index < -0.39 is 30.1 Å². The zero-order chi connectivity index (χ0) is 22.4. The number of carbonyl (C=O) groups excluding carboxylic acids is 2. The van der Waals surface area contributed by atoms with Gasteiger partial charge in [0.05, 0.1) is 6.10 Å². The standard InChI is InChI=1S/C23H26N2O6/c1-14(26)12-24-22(29)20(10-11-21(27)28)25-23(30)31-13-19-17-8-4-2-6-15(17)16-7-3-5-9-18(16)19/h2-9,14,19-20,26H,10-13H2,1H3,(H,24,29)(H,25,30)(H,27,28)/t14-,20?/m1/s1. The average molecular weight is 426 g/mol. The summed E-state index contributed by atoms with van der Waals surface area (Å²) in [7, 11) is 0. The average Bonchev–Trinajstić information content (AvgIpc) is 3.07. The van der Waals surface area contributed by atoms with Gasteiger partial charge in [-0.15, -0.1) is 0 Å². The van der Waals surface area contributed by atoms with Crippen LogP contribution in [0.15, 0.2) is 48.5 Å². The molecule has 0 aliphatic heterocycles. The SMILES string of the molecule is C[C@@H](O)CNC(=O)C(CCC(=O)O)NC(=O)OCC1c2ccccc2-c2ccccc21. The van der Waals surface area contributed by atoms with Gasteiger partial charge in [-0.3, -0.25) is 9.59 Å². The van der Waals surface area contributed by atoms with Crippen molar-refractivity contribution in [1.82, 2.24) is 10.6 Å². The summed E-state index contributed by atoms with van der Waals surface area (Å²) in [6.07, 6.45) is -1.95. The van der Waals surface area contributed by atoms with Gasteiger partial charge in [-0.1, -0.05) is 48.5 Å². The Bertz CT molecular complexity index is 913. The summed E-state index contributed by atoms with van der Waals surface area (Å²) in [6, 6.07) is 14.8. The van der Waals surface area contributed by atoms with Crippen LogP contribution in [0.25, 0.3) is 11.1 Å². The molecule has 0 saturated heterocycles. The number of fused-ring (bicyclic) bond motifs is 3. The Morgan fingerprint density at radius 1 is 1.03 bits per heavy atom. The number of amides is 2. The third-order valence-corrected chi connectivity index (χ3v) is 5.17. The molecule has 8 heteroatoms. The number of benzene rings is 2. The minimum absolute atomic E-state index is 0.00518. The fraction of sp³-hybridized carbons (Fsp3) is 0.348. The number of rotatable bonds is 9. The number of carbonyl (C=O) groups is 3. The van der Waals surface area contributed by atoms with Crippen LogP contribution in [0.5, 0.6) is 0 Å². The summed E-state index contributed by atoms with van der Waals surface area (Å²) in [5, 5.41) is 23.2. The lowest BCUT2D eigenvalue weighted by Gasteiger charge is -2.19. The molecular weight excluding hydrogens is 400 g/mol. The van der Waals surface area contributed by atoms with Crippen molar-refractivity contribution in [3.63, 3.8) is 0 Å². The van der Waals surface area contributed by atoms with Gasteiger partial charge < -0.3 is 25.6 Å². The van der Waals surface area contributed by atoms with Crippen molar-refractivity contribution >= 4 is 18.0 Å². The van der Waals surface area contributed by atoms with Gasteiger partial charge in [0, 0.05) is 18.9 Å². The lowest BCUT2D eigenvalue weighted by molar-refractivity contribution is -0.137. The maximum Gasteiger partial charge on any atom is 0.407 e. The molecule has 0 fully saturated rings. The molecule has 1 unspecified atom stereocenters. The maximum absolute atomic E-state index is 12.4. The summed E-state index contributed by atoms with van der Waals surface area (Å²) in [6.45, 7) is 1.58. The second-order valence-corrected chi connectivity index (χ2v) is 7.55. The fourth-order valence-corrected chi connectivity index (χ4v) is 3.69. The highest BCUT2D eigenvalue weighted by atomic mass is 16.5. The van der Waals surface area contributed by atoms with Crippen molar-refractivity contribution in [2.45, 2.75) is 37.8 Å². The molecule has 2 amide bonds. The molecule has 1 aliphatic rings. The Kier molecular flexibility index (Phi) is 7.25. The number of hydrogen-bond donors (Lipinski definition) is 4. The van der Waals surface area contributed by atoms with Crippen LogP contribution in [0.1, 0.15) is 36.8 Å². The zero-order valence-electron chi connectivity index (χ0n) is 17.2. The minimum atomic E-state index is -1.08. The fourth-order valence-electron chi connectivity index (χ4n) is 3.69. The largest absolute Gasteiger partial charge is 0.481 e. The maximum atomic E-state index is 12.4. The summed E-state index contributed by atoms with van der Waals surface area (Å²) >= 11 is 0. The molecule has 0 heterocycles. The van der Waals surface area contributed by atoms with Crippen LogP contribution < -0.4 is 10.6 Å². The quantitative estimate of drug-likeness (QED) is 0.487. The molecule has 0 spiro atoms. The third kappa shape index (κ3) is 5.61. The predicted molar refractivity (Wildman–Crippen MR) is 114 cm³/mol. The first-order valence-corrected chi connectivity index (χ1v) is 10.2. The first-order valence-electron chi connectivity index (χ1n) is 10.2. The molecule has 2 atom stereocenters. The molecular formula is C23H26N2O6. The summed E-state index contributed by atoms with van der Waals surface area (Å²) < 4.78 is 5.43. The van der Waals surface area contributed by atoms with Crippen molar-refractivity contribution in [3.05, 3.63) is 59.7 Å². The molecule has 4 N–H and O–H groups in total.